The van der Waals surface area contributed by atoms with E-state index in [1.807, 2.05) is 31.2 Å². The molecule has 0 amide bonds. The molecule has 168 valence electrons. The van der Waals surface area contributed by atoms with Crippen LogP contribution in [0.3, 0.4) is 0 Å². The molecule has 1 N–H and O–H groups in total. The van der Waals surface area contributed by atoms with Gasteiger partial charge in [-0.25, -0.2) is 9.37 Å². The van der Waals surface area contributed by atoms with Gasteiger partial charge in [-0.15, -0.1) is 23.7 Å². The lowest BCUT2D eigenvalue weighted by Gasteiger charge is -2.10. The van der Waals surface area contributed by atoms with Crippen molar-refractivity contribution in [3.63, 3.8) is 0 Å². The fourth-order valence-electron chi connectivity index (χ4n) is 3.49. The van der Waals surface area contributed by atoms with Gasteiger partial charge in [0.1, 0.15) is 11.6 Å². The molecular weight excluding hydrogens is 466 g/mol. The number of thiazole rings is 1. The summed E-state index contributed by atoms with van der Waals surface area (Å²) >= 11 is 8.00. The molecule has 1 saturated carbocycles. The van der Waals surface area contributed by atoms with Crippen molar-refractivity contribution < 1.29 is 9.13 Å². The SMILES string of the molecule is COc1ccc(-c2nc(NCC#C[C@@H](CC3CC3)c3ccc(F)cc3)sc2C)c(Cl)c1.Cl. The van der Waals surface area contributed by atoms with Crippen molar-refractivity contribution in [3.8, 4) is 28.8 Å². The minimum atomic E-state index is -0.213. The molecule has 1 aliphatic carbocycles. The summed E-state index contributed by atoms with van der Waals surface area (Å²) in [7, 11) is 1.62. The highest BCUT2D eigenvalue weighted by atomic mass is 35.5. The molecule has 1 aliphatic rings. The highest BCUT2D eigenvalue weighted by Gasteiger charge is 2.25. The third-order valence-corrected chi connectivity index (χ3v) is 6.61. The Balaban J connectivity index is 0.00000289. The highest BCUT2D eigenvalue weighted by molar-refractivity contribution is 7.16. The number of hydrogen-bond acceptors (Lipinski definition) is 4. The van der Waals surface area contributed by atoms with Gasteiger partial charge in [0.15, 0.2) is 5.13 Å². The average molecular weight is 491 g/mol. The molecule has 0 saturated heterocycles. The molecule has 1 heterocycles. The van der Waals surface area contributed by atoms with Crippen LogP contribution in [0.2, 0.25) is 5.02 Å². The second-order valence-corrected chi connectivity index (χ2v) is 9.34. The molecule has 4 rings (SSSR count). The van der Waals surface area contributed by atoms with Crippen molar-refractivity contribution in [2.75, 3.05) is 19.0 Å². The van der Waals surface area contributed by atoms with E-state index in [4.69, 9.17) is 21.3 Å². The summed E-state index contributed by atoms with van der Waals surface area (Å²) < 4.78 is 18.5. The van der Waals surface area contributed by atoms with E-state index < -0.39 is 0 Å². The fourth-order valence-corrected chi connectivity index (χ4v) is 4.57. The lowest BCUT2D eigenvalue weighted by Crippen LogP contribution is -2.01. The van der Waals surface area contributed by atoms with Gasteiger partial charge in [0.05, 0.1) is 24.4 Å². The maximum Gasteiger partial charge on any atom is 0.184 e. The van der Waals surface area contributed by atoms with Crippen molar-refractivity contribution in [2.24, 2.45) is 5.92 Å². The molecule has 0 unspecified atom stereocenters. The Labute approximate surface area is 203 Å². The molecule has 1 atom stereocenters. The van der Waals surface area contributed by atoms with E-state index in [2.05, 4.69) is 17.2 Å². The first-order valence-corrected chi connectivity index (χ1v) is 11.5. The average Bonchev–Trinajstić information content (AvgIpc) is 3.51. The third kappa shape index (κ3) is 6.16. The number of halogens is 3. The van der Waals surface area contributed by atoms with Gasteiger partial charge in [-0.1, -0.05) is 48.4 Å². The van der Waals surface area contributed by atoms with E-state index in [-0.39, 0.29) is 24.1 Å². The number of aryl methyl sites for hydroxylation is 1. The summed E-state index contributed by atoms with van der Waals surface area (Å²) in [5, 5.41) is 4.73. The largest absolute Gasteiger partial charge is 0.497 e. The predicted molar refractivity (Wildman–Crippen MR) is 134 cm³/mol. The van der Waals surface area contributed by atoms with E-state index in [1.54, 1.807) is 24.5 Å². The maximum atomic E-state index is 13.3. The second-order valence-electron chi connectivity index (χ2n) is 7.73. The van der Waals surface area contributed by atoms with E-state index in [9.17, 15) is 4.39 Å². The summed E-state index contributed by atoms with van der Waals surface area (Å²) in [6.07, 6.45) is 3.58. The molecule has 0 spiro atoms. The molecule has 1 fully saturated rings. The minimum absolute atomic E-state index is 0. The molecular formula is C25H25Cl2FN2OS. The number of aromatic nitrogens is 1. The number of hydrogen-bond donors (Lipinski definition) is 1. The van der Waals surface area contributed by atoms with Crippen LogP contribution in [0.1, 0.15) is 35.6 Å². The number of ether oxygens (including phenoxy) is 1. The van der Waals surface area contributed by atoms with Crippen molar-refractivity contribution >= 4 is 40.5 Å². The summed E-state index contributed by atoms with van der Waals surface area (Å²) in [5.41, 5.74) is 2.84. The number of nitrogens with zero attached hydrogens (tertiary/aromatic N) is 1. The molecule has 0 aliphatic heterocycles. The van der Waals surface area contributed by atoms with Crippen LogP contribution in [0.4, 0.5) is 9.52 Å². The van der Waals surface area contributed by atoms with Crippen LogP contribution in [0.25, 0.3) is 11.3 Å². The lowest BCUT2D eigenvalue weighted by molar-refractivity contribution is 0.415. The molecule has 32 heavy (non-hydrogen) atoms. The second kappa shape index (κ2) is 11.0. The van der Waals surface area contributed by atoms with Crippen LogP contribution >= 0.6 is 35.3 Å². The predicted octanol–water partition coefficient (Wildman–Crippen LogP) is 7.34. The highest BCUT2D eigenvalue weighted by Crippen LogP contribution is 2.38. The molecule has 2 aromatic carbocycles. The van der Waals surface area contributed by atoms with Crippen molar-refractivity contribution in [1.29, 1.82) is 0 Å². The zero-order valence-electron chi connectivity index (χ0n) is 18.0. The van der Waals surface area contributed by atoms with Gasteiger partial charge in [-0.05, 0) is 55.2 Å². The van der Waals surface area contributed by atoms with Gasteiger partial charge in [-0.3, -0.25) is 0 Å². The molecule has 1 aromatic heterocycles. The quantitative estimate of drug-likeness (QED) is 0.351. The number of methoxy groups -OCH3 is 1. The normalized spacial score (nSPS) is 13.5. The fraction of sp³-hybridized carbons (Fsp3) is 0.320. The third-order valence-electron chi connectivity index (χ3n) is 5.37. The number of rotatable bonds is 7. The molecule has 0 radical (unpaired) electrons. The van der Waals surface area contributed by atoms with Crippen molar-refractivity contribution in [3.05, 3.63) is 63.7 Å². The first-order valence-electron chi connectivity index (χ1n) is 10.3. The molecule has 0 bridgehead atoms. The minimum Gasteiger partial charge on any atom is -0.497 e. The van der Waals surface area contributed by atoms with Gasteiger partial charge < -0.3 is 10.1 Å². The van der Waals surface area contributed by atoms with Crippen molar-refractivity contribution in [1.82, 2.24) is 4.98 Å². The van der Waals surface area contributed by atoms with Crippen LogP contribution in [0.5, 0.6) is 5.75 Å². The topological polar surface area (TPSA) is 34.1 Å². The van der Waals surface area contributed by atoms with E-state index >= 15 is 0 Å². The molecule has 7 heteroatoms. The van der Waals surface area contributed by atoms with E-state index in [0.717, 1.165) is 44.9 Å². The maximum absolute atomic E-state index is 13.3. The number of anilines is 1. The number of benzene rings is 2. The Bertz CT molecular complexity index is 1120. The molecule has 3 nitrogen and oxygen atoms in total. The molecule has 3 aromatic rings. The van der Waals surface area contributed by atoms with Crippen LogP contribution in [-0.2, 0) is 0 Å². The van der Waals surface area contributed by atoms with Gasteiger partial charge in [0.25, 0.3) is 0 Å². The zero-order valence-corrected chi connectivity index (χ0v) is 20.3. The lowest BCUT2D eigenvalue weighted by atomic mass is 9.94. The van der Waals surface area contributed by atoms with E-state index in [1.165, 1.54) is 25.0 Å². The van der Waals surface area contributed by atoms with Crippen molar-refractivity contribution in [2.45, 2.75) is 32.1 Å². The van der Waals surface area contributed by atoms with E-state index in [0.29, 0.717) is 11.6 Å². The van der Waals surface area contributed by atoms with Gasteiger partial charge in [-0.2, -0.15) is 0 Å². The van der Waals surface area contributed by atoms with Gasteiger partial charge in [0.2, 0.25) is 0 Å². The van der Waals surface area contributed by atoms with Crippen LogP contribution in [0.15, 0.2) is 42.5 Å². The number of nitrogens with one attached hydrogen (secondary N) is 1. The Hall–Kier alpha value is -2.26. The Kier molecular flexibility index (Phi) is 8.42. The Morgan fingerprint density at radius 3 is 2.66 bits per heavy atom. The van der Waals surface area contributed by atoms with Crippen LogP contribution in [0, 0.1) is 30.5 Å². The first kappa shape index (κ1) is 24.4. The van der Waals surface area contributed by atoms with Gasteiger partial charge >= 0.3 is 0 Å². The Morgan fingerprint density at radius 1 is 1.25 bits per heavy atom. The summed E-state index contributed by atoms with van der Waals surface area (Å²) in [6.45, 7) is 2.54. The smallest absolute Gasteiger partial charge is 0.184 e. The summed E-state index contributed by atoms with van der Waals surface area (Å²) in [6, 6.07) is 12.3. The van der Waals surface area contributed by atoms with Gasteiger partial charge in [0, 0.05) is 16.4 Å². The Morgan fingerprint density at radius 2 is 2.00 bits per heavy atom. The summed E-state index contributed by atoms with van der Waals surface area (Å²) in [5.74, 6) is 8.02. The summed E-state index contributed by atoms with van der Waals surface area (Å²) in [4.78, 5) is 5.80. The zero-order chi connectivity index (χ0) is 21.8. The van der Waals surface area contributed by atoms with Crippen LogP contribution in [-0.4, -0.2) is 18.6 Å². The monoisotopic (exact) mass is 490 g/mol. The standard InChI is InChI=1S/C25H24ClFN2OS.ClH/c1-16-24(22-12-11-21(30-2)15-23(22)26)29-25(31-16)28-13-3-4-19(14-17-5-6-17)18-7-9-20(27)10-8-18;/h7-12,15,17,19H,5-6,13-14H2,1-2H3,(H,28,29);1H/t19-;/m0./s1. The first-order chi connectivity index (χ1) is 15.0. The van der Waals surface area contributed by atoms with Crippen LogP contribution < -0.4 is 10.1 Å².